The van der Waals surface area contributed by atoms with Gasteiger partial charge in [-0.1, -0.05) is 31.2 Å². The fourth-order valence-electron chi connectivity index (χ4n) is 2.85. The van der Waals surface area contributed by atoms with Gasteiger partial charge in [-0.15, -0.1) is 0 Å². The normalized spacial score (nSPS) is 17.4. The van der Waals surface area contributed by atoms with Crippen LogP contribution in [0.5, 0.6) is 0 Å². The van der Waals surface area contributed by atoms with Gasteiger partial charge in [0.25, 0.3) is 0 Å². The Balaban J connectivity index is 2.04. The molecule has 0 radical (unpaired) electrons. The SMILES string of the molecule is CCCN(CCO)C(=O)NC1CCCc2ccccc21. The average molecular weight is 276 g/mol. The number of hydrogen-bond acceptors (Lipinski definition) is 2. The highest BCUT2D eigenvalue weighted by Crippen LogP contribution is 2.29. The number of benzene rings is 1. The molecule has 110 valence electrons. The Morgan fingerprint density at radius 3 is 2.95 bits per heavy atom. The topological polar surface area (TPSA) is 52.6 Å². The van der Waals surface area contributed by atoms with E-state index in [1.165, 1.54) is 11.1 Å². The van der Waals surface area contributed by atoms with Crippen LogP contribution < -0.4 is 5.32 Å². The van der Waals surface area contributed by atoms with E-state index in [-0.39, 0.29) is 18.7 Å². The van der Waals surface area contributed by atoms with Crippen molar-refractivity contribution in [3.05, 3.63) is 35.4 Å². The summed E-state index contributed by atoms with van der Waals surface area (Å²) in [5.74, 6) is 0. The summed E-state index contributed by atoms with van der Waals surface area (Å²) in [5, 5.41) is 12.2. The van der Waals surface area contributed by atoms with Gasteiger partial charge in [-0.2, -0.15) is 0 Å². The fraction of sp³-hybridized carbons (Fsp3) is 0.562. The van der Waals surface area contributed by atoms with E-state index in [9.17, 15) is 4.79 Å². The molecule has 4 nitrogen and oxygen atoms in total. The van der Waals surface area contributed by atoms with Crippen molar-refractivity contribution < 1.29 is 9.90 Å². The van der Waals surface area contributed by atoms with E-state index in [1.807, 2.05) is 13.0 Å². The number of amides is 2. The molecule has 1 aliphatic rings. The minimum atomic E-state index is -0.0670. The second-order valence-electron chi connectivity index (χ2n) is 5.30. The maximum absolute atomic E-state index is 12.3. The minimum absolute atomic E-state index is 0.00860. The van der Waals surface area contributed by atoms with Crippen LogP contribution in [-0.2, 0) is 6.42 Å². The number of carbonyl (C=O) groups is 1. The maximum atomic E-state index is 12.3. The Hall–Kier alpha value is -1.55. The van der Waals surface area contributed by atoms with Crippen molar-refractivity contribution in [1.29, 1.82) is 0 Å². The molecule has 1 atom stereocenters. The van der Waals surface area contributed by atoms with Crippen molar-refractivity contribution in [3.63, 3.8) is 0 Å². The van der Waals surface area contributed by atoms with Gasteiger partial charge in [0, 0.05) is 13.1 Å². The molecule has 1 unspecified atom stereocenters. The summed E-state index contributed by atoms with van der Waals surface area (Å²) in [6, 6.07) is 8.37. The van der Waals surface area contributed by atoms with Crippen molar-refractivity contribution in [3.8, 4) is 0 Å². The fourth-order valence-corrected chi connectivity index (χ4v) is 2.85. The molecule has 0 heterocycles. The first-order valence-corrected chi connectivity index (χ1v) is 7.50. The van der Waals surface area contributed by atoms with Crippen molar-refractivity contribution in [1.82, 2.24) is 10.2 Å². The molecule has 1 aromatic rings. The van der Waals surface area contributed by atoms with Crippen molar-refractivity contribution in [2.45, 2.75) is 38.6 Å². The Morgan fingerprint density at radius 2 is 2.20 bits per heavy atom. The molecule has 1 aliphatic carbocycles. The molecule has 0 bridgehead atoms. The van der Waals surface area contributed by atoms with E-state index < -0.39 is 0 Å². The lowest BCUT2D eigenvalue weighted by Gasteiger charge is -2.29. The highest BCUT2D eigenvalue weighted by molar-refractivity contribution is 5.74. The molecule has 0 saturated heterocycles. The van der Waals surface area contributed by atoms with Crippen molar-refractivity contribution in [2.24, 2.45) is 0 Å². The van der Waals surface area contributed by atoms with Gasteiger partial charge in [0.1, 0.15) is 0 Å². The predicted molar refractivity (Wildman–Crippen MR) is 79.6 cm³/mol. The Bertz CT molecular complexity index is 442. The van der Waals surface area contributed by atoms with Gasteiger partial charge >= 0.3 is 6.03 Å². The van der Waals surface area contributed by atoms with Crippen LogP contribution in [-0.4, -0.2) is 35.7 Å². The molecule has 0 fully saturated rings. The number of fused-ring (bicyclic) bond motifs is 1. The molecule has 0 saturated carbocycles. The summed E-state index contributed by atoms with van der Waals surface area (Å²) in [4.78, 5) is 14.0. The van der Waals surface area contributed by atoms with E-state index in [0.29, 0.717) is 13.1 Å². The molecule has 0 spiro atoms. The molecule has 1 aromatic carbocycles. The number of aliphatic hydroxyl groups excluding tert-OH is 1. The van der Waals surface area contributed by atoms with E-state index in [2.05, 4.69) is 23.5 Å². The van der Waals surface area contributed by atoms with Crippen LogP contribution in [0.4, 0.5) is 4.79 Å². The lowest BCUT2D eigenvalue weighted by molar-refractivity contribution is 0.173. The highest BCUT2D eigenvalue weighted by Gasteiger charge is 2.23. The molecule has 0 aromatic heterocycles. The molecular formula is C16H24N2O2. The third-order valence-corrected chi connectivity index (χ3v) is 3.82. The van der Waals surface area contributed by atoms with Crippen molar-refractivity contribution in [2.75, 3.05) is 19.7 Å². The monoisotopic (exact) mass is 276 g/mol. The number of nitrogens with zero attached hydrogens (tertiary/aromatic N) is 1. The first kappa shape index (κ1) is 14.9. The Morgan fingerprint density at radius 1 is 1.40 bits per heavy atom. The lowest BCUT2D eigenvalue weighted by atomic mass is 9.88. The van der Waals surface area contributed by atoms with Crippen LogP contribution in [0.15, 0.2) is 24.3 Å². The van der Waals surface area contributed by atoms with E-state index in [1.54, 1.807) is 4.90 Å². The zero-order valence-corrected chi connectivity index (χ0v) is 12.1. The summed E-state index contributed by atoms with van der Waals surface area (Å²) >= 11 is 0. The first-order valence-electron chi connectivity index (χ1n) is 7.50. The Kier molecular flexibility index (Phi) is 5.41. The summed E-state index contributed by atoms with van der Waals surface area (Å²) in [5.41, 5.74) is 2.58. The van der Waals surface area contributed by atoms with E-state index in [0.717, 1.165) is 25.7 Å². The zero-order valence-electron chi connectivity index (χ0n) is 12.1. The molecular weight excluding hydrogens is 252 g/mol. The van der Waals surface area contributed by atoms with Gasteiger partial charge in [-0.25, -0.2) is 4.79 Å². The molecule has 2 N–H and O–H groups in total. The molecule has 20 heavy (non-hydrogen) atoms. The first-order chi connectivity index (χ1) is 9.76. The standard InChI is InChI=1S/C16H24N2O2/c1-2-10-18(11-12-19)16(20)17-15-9-5-7-13-6-3-4-8-14(13)15/h3-4,6,8,15,19H,2,5,7,9-12H2,1H3,(H,17,20). The van der Waals surface area contributed by atoms with Crippen LogP contribution in [0.25, 0.3) is 0 Å². The number of nitrogens with one attached hydrogen (secondary N) is 1. The van der Waals surface area contributed by atoms with Crippen LogP contribution in [0.1, 0.15) is 43.4 Å². The van der Waals surface area contributed by atoms with Crippen LogP contribution in [0, 0.1) is 0 Å². The van der Waals surface area contributed by atoms with Crippen LogP contribution in [0.3, 0.4) is 0 Å². The van der Waals surface area contributed by atoms with Gasteiger partial charge in [0.15, 0.2) is 0 Å². The zero-order chi connectivity index (χ0) is 14.4. The van der Waals surface area contributed by atoms with Crippen molar-refractivity contribution >= 4 is 6.03 Å². The van der Waals surface area contributed by atoms with Gasteiger partial charge < -0.3 is 15.3 Å². The molecule has 0 aliphatic heterocycles. The average Bonchev–Trinajstić information content (AvgIpc) is 2.47. The predicted octanol–water partition coefficient (Wildman–Crippen LogP) is 2.48. The number of hydrogen-bond donors (Lipinski definition) is 2. The van der Waals surface area contributed by atoms with E-state index in [4.69, 9.17) is 5.11 Å². The molecule has 4 heteroatoms. The Labute approximate surface area is 120 Å². The third kappa shape index (κ3) is 3.51. The number of carbonyl (C=O) groups excluding carboxylic acids is 1. The second-order valence-corrected chi connectivity index (χ2v) is 5.30. The van der Waals surface area contributed by atoms with Crippen LogP contribution >= 0.6 is 0 Å². The van der Waals surface area contributed by atoms with E-state index >= 15 is 0 Å². The smallest absolute Gasteiger partial charge is 0.317 e. The second kappa shape index (κ2) is 7.29. The van der Waals surface area contributed by atoms with Gasteiger partial charge in [0.05, 0.1) is 12.6 Å². The third-order valence-electron chi connectivity index (χ3n) is 3.82. The summed E-state index contributed by atoms with van der Waals surface area (Å²) in [7, 11) is 0. The van der Waals surface area contributed by atoms with Gasteiger partial charge in [-0.3, -0.25) is 0 Å². The number of aliphatic hydroxyl groups is 1. The number of rotatable bonds is 5. The lowest BCUT2D eigenvalue weighted by Crippen LogP contribution is -2.44. The van der Waals surface area contributed by atoms with Gasteiger partial charge in [0.2, 0.25) is 0 Å². The van der Waals surface area contributed by atoms with Crippen LogP contribution in [0.2, 0.25) is 0 Å². The summed E-state index contributed by atoms with van der Waals surface area (Å²) in [6.45, 7) is 3.12. The molecule has 2 amide bonds. The van der Waals surface area contributed by atoms with Gasteiger partial charge in [-0.05, 0) is 36.8 Å². The number of urea groups is 1. The highest BCUT2D eigenvalue weighted by atomic mass is 16.3. The maximum Gasteiger partial charge on any atom is 0.317 e. The number of aryl methyl sites for hydroxylation is 1. The summed E-state index contributed by atoms with van der Waals surface area (Å²) in [6.07, 6.45) is 4.09. The minimum Gasteiger partial charge on any atom is -0.395 e. The molecule has 2 rings (SSSR count). The quantitative estimate of drug-likeness (QED) is 0.868. The largest absolute Gasteiger partial charge is 0.395 e. The summed E-state index contributed by atoms with van der Waals surface area (Å²) < 4.78 is 0.